The average Bonchev–Trinajstić information content (AvgIpc) is 2.78. The monoisotopic (exact) mass is 219 g/mol. The Morgan fingerprint density at radius 2 is 2.31 bits per heavy atom. The van der Waals surface area contributed by atoms with Gasteiger partial charge >= 0.3 is 5.97 Å². The van der Waals surface area contributed by atoms with Gasteiger partial charge in [0, 0.05) is 5.56 Å². The Morgan fingerprint density at radius 3 is 3.00 bits per heavy atom. The van der Waals surface area contributed by atoms with Gasteiger partial charge in [0.25, 0.3) is 0 Å². The van der Waals surface area contributed by atoms with Gasteiger partial charge in [-0.3, -0.25) is 0 Å². The van der Waals surface area contributed by atoms with Crippen LogP contribution in [0.4, 0.5) is 0 Å². The van der Waals surface area contributed by atoms with Crippen LogP contribution in [0.2, 0.25) is 0 Å². The van der Waals surface area contributed by atoms with Crippen LogP contribution in [0.15, 0.2) is 35.1 Å². The van der Waals surface area contributed by atoms with E-state index in [0.717, 1.165) is 6.26 Å². The van der Waals surface area contributed by atoms with Crippen LogP contribution in [0.3, 0.4) is 0 Å². The molecule has 2 aromatic rings. The lowest BCUT2D eigenvalue weighted by molar-refractivity contribution is 0.0697. The van der Waals surface area contributed by atoms with Crippen LogP contribution in [-0.4, -0.2) is 23.3 Å². The van der Waals surface area contributed by atoms with Crippen molar-refractivity contribution in [1.82, 2.24) is 5.16 Å². The molecule has 0 fully saturated rings. The van der Waals surface area contributed by atoms with Crippen molar-refractivity contribution in [2.45, 2.75) is 0 Å². The van der Waals surface area contributed by atoms with Crippen molar-refractivity contribution < 1.29 is 19.2 Å². The SMILES string of the molecule is COc1cccc(-c2nocc2C(=O)O)c1. The highest BCUT2D eigenvalue weighted by atomic mass is 16.5. The number of benzene rings is 1. The van der Waals surface area contributed by atoms with Crippen molar-refractivity contribution in [3.63, 3.8) is 0 Å². The van der Waals surface area contributed by atoms with E-state index in [2.05, 4.69) is 9.68 Å². The van der Waals surface area contributed by atoms with Gasteiger partial charge < -0.3 is 14.4 Å². The number of aromatic carboxylic acids is 1. The standard InChI is InChI=1S/C11H9NO4/c1-15-8-4-2-3-7(5-8)10-9(11(13)14)6-16-12-10/h2-6H,1H3,(H,13,14). The maximum atomic E-state index is 10.9. The average molecular weight is 219 g/mol. The fraction of sp³-hybridized carbons (Fsp3) is 0.0909. The maximum absolute atomic E-state index is 10.9. The smallest absolute Gasteiger partial charge is 0.341 e. The van der Waals surface area contributed by atoms with Crippen LogP contribution in [0, 0.1) is 0 Å². The summed E-state index contributed by atoms with van der Waals surface area (Å²) in [4.78, 5) is 10.9. The molecule has 16 heavy (non-hydrogen) atoms. The van der Waals surface area contributed by atoms with E-state index >= 15 is 0 Å². The lowest BCUT2D eigenvalue weighted by atomic mass is 10.1. The molecule has 0 amide bonds. The topological polar surface area (TPSA) is 72.6 Å². The largest absolute Gasteiger partial charge is 0.497 e. The Bertz CT molecular complexity index is 518. The summed E-state index contributed by atoms with van der Waals surface area (Å²) in [6.45, 7) is 0. The third-order valence-electron chi connectivity index (χ3n) is 2.14. The lowest BCUT2D eigenvalue weighted by Gasteiger charge is -2.01. The molecule has 0 bridgehead atoms. The van der Waals surface area contributed by atoms with E-state index in [9.17, 15) is 4.79 Å². The minimum absolute atomic E-state index is 0.0354. The second-order valence-electron chi connectivity index (χ2n) is 3.11. The Hall–Kier alpha value is -2.30. The highest BCUT2D eigenvalue weighted by Crippen LogP contribution is 2.25. The number of carbonyl (C=O) groups is 1. The first-order chi connectivity index (χ1) is 7.72. The summed E-state index contributed by atoms with van der Waals surface area (Å²) < 4.78 is 9.71. The van der Waals surface area contributed by atoms with E-state index in [-0.39, 0.29) is 5.56 Å². The van der Waals surface area contributed by atoms with Gasteiger partial charge in [-0.15, -0.1) is 0 Å². The molecular weight excluding hydrogens is 210 g/mol. The maximum Gasteiger partial charge on any atom is 0.341 e. The summed E-state index contributed by atoms with van der Waals surface area (Å²) >= 11 is 0. The summed E-state index contributed by atoms with van der Waals surface area (Å²) in [6.07, 6.45) is 1.11. The first kappa shape index (κ1) is 10.2. The second kappa shape index (κ2) is 4.06. The van der Waals surface area contributed by atoms with Gasteiger partial charge in [-0.1, -0.05) is 17.3 Å². The molecule has 1 N–H and O–H groups in total. The van der Waals surface area contributed by atoms with Gasteiger partial charge in [0.15, 0.2) is 0 Å². The van der Waals surface area contributed by atoms with Crippen LogP contribution in [-0.2, 0) is 0 Å². The van der Waals surface area contributed by atoms with Gasteiger partial charge in [-0.25, -0.2) is 4.79 Å². The van der Waals surface area contributed by atoms with Gasteiger partial charge in [-0.2, -0.15) is 0 Å². The van der Waals surface area contributed by atoms with E-state index in [1.165, 1.54) is 0 Å². The molecule has 0 saturated carbocycles. The predicted octanol–water partition coefficient (Wildman–Crippen LogP) is 2.05. The molecule has 1 heterocycles. The Labute approximate surface area is 91.3 Å². The number of nitrogens with zero attached hydrogens (tertiary/aromatic N) is 1. The fourth-order valence-corrected chi connectivity index (χ4v) is 1.37. The van der Waals surface area contributed by atoms with Crippen molar-refractivity contribution in [2.24, 2.45) is 0 Å². The van der Waals surface area contributed by atoms with Gasteiger partial charge in [0.05, 0.1) is 7.11 Å². The van der Waals surface area contributed by atoms with Gasteiger partial charge in [0.1, 0.15) is 23.3 Å². The fourth-order valence-electron chi connectivity index (χ4n) is 1.37. The number of aromatic nitrogens is 1. The molecule has 5 nitrogen and oxygen atoms in total. The molecule has 0 aliphatic heterocycles. The molecule has 1 aromatic carbocycles. The summed E-state index contributed by atoms with van der Waals surface area (Å²) in [5.41, 5.74) is 0.977. The van der Waals surface area contributed by atoms with Crippen LogP contribution in [0.25, 0.3) is 11.3 Å². The second-order valence-corrected chi connectivity index (χ2v) is 3.11. The number of rotatable bonds is 3. The Kier molecular flexibility index (Phi) is 2.59. The van der Waals surface area contributed by atoms with E-state index in [1.807, 2.05) is 0 Å². The summed E-state index contributed by atoms with van der Waals surface area (Å²) in [5.74, 6) is -0.434. The minimum atomic E-state index is -1.07. The Morgan fingerprint density at radius 1 is 1.50 bits per heavy atom. The van der Waals surface area contributed by atoms with Crippen molar-refractivity contribution in [1.29, 1.82) is 0 Å². The van der Waals surface area contributed by atoms with Crippen molar-refractivity contribution in [3.05, 3.63) is 36.1 Å². The molecule has 0 spiro atoms. The van der Waals surface area contributed by atoms with Crippen LogP contribution in [0.1, 0.15) is 10.4 Å². The van der Waals surface area contributed by atoms with Crippen molar-refractivity contribution in [2.75, 3.05) is 7.11 Å². The van der Waals surface area contributed by atoms with Crippen molar-refractivity contribution in [3.8, 4) is 17.0 Å². The number of carboxylic acid groups (broad SMARTS) is 1. The zero-order valence-corrected chi connectivity index (χ0v) is 8.51. The highest BCUT2D eigenvalue weighted by Gasteiger charge is 2.16. The quantitative estimate of drug-likeness (QED) is 0.855. The normalized spacial score (nSPS) is 10.1. The number of hydrogen-bond donors (Lipinski definition) is 1. The first-order valence-electron chi connectivity index (χ1n) is 4.54. The molecule has 0 aliphatic rings. The van der Waals surface area contributed by atoms with Crippen LogP contribution >= 0.6 is 0 Å². The first-order valence-corrected chi connectivity index (χ1v) is 4.54. The molecule has 82 valence electrons. The van der Waals surface area contributed by atoms with E-state index in [0.29, 0.717) is 17.0 Å². The van der Waals surface area contributed by atoms with Crippen LogP contribution < -0.4 is 4.74 Å². The predicted molar refractivity (Wildman–Crippen MR) is 55.5 cm³/mol. The molecule has 0 atom stereocenters. The molecule has 0 unspecified atom stereocenters. The molecule has 0 aliphatic carbocycles. The lowest BCUT2D eigenvalue weighted by Crippen LogP contribution is -1.96. The molecule has 5 heteroatoms. The molecule has 0 saturated heterocycles. The van der Waals surface area contributed by atoms with E-state index in [1.54, 1.807) is 31.4 Å². The number of ether oxygens (including phenoxy) is 1. The molecular formula is C11H9NO4. The van der Waals surface area contributed by atoms with Crippen LogP contribution in [0.5, 0.6) is 5.75 Å². The molecule has 2 rings (SSSR count). The zero-order chi connectivity index (χ0) is 11.5. The van der Waals surface area contributed by atoms with E-state index < -0.39 is 5.97 Å². The number of methoxy groups -OCH3 is 1. The summed E-state index contributed by atoms with van der Waals surface area (Å²) in [5, 5.41) is 12.6. The Balaban J connectivity index is 2.50. The third-order valence-corrected chi connectivity index (χ3v) is 2.14. The zero-order valence-electron chi connectivity index (χ0n) is 8.51. The summed E-state index contributed by atoms with van der Waals surface area (Å²) in [6, 6.07) is 6.97. The van der Waals surface area contributed by atoms with E-state index in [4.69, 9.17) is 9.84 Å². The molecule has 1 aromatic heterocycles. The van der Waals surface area contributed by atoms with Gasteiger partial charge in [-0.05, 0) is 12.1 Å². The number of hydrogen-bond acceptors (Lipinski definition) is 4. The van der Waals surface area contributed by atoms with Crippen molar-refractivity contribution >= 4 is 5.97 Å². The minimum Gasteiger partial charge on any atom is -0.497 e. The molecule has 0 radical (unpaired) electrons. The highest BCUT2D eigenvalue weighted by molar-refractivity contribution is 5.94. The number of carboxylic acids is 1. The summed E-state index contributed by atoms with van der Waals surface area (Å²) in [7, 11) is 1.54. The van der Waals surface area contributed by atoms with Gasteiger partial charge in [0.2, 0.25) is 0 Å². The third kappa shape index (κ3) is 1.75.